The van der Waals surface area contributed by atoms with Crippen molar-refractivity contribution in [2.24, 2.45) is 0 Å². The van der Waals surface area contributed by atoms with Crippen LogP contribution < -0.4 is 5.32 Å². The molecular weight excluding hydrogens is 325 g/mol. The van der Waals surface area contributed by atoms with E-state index in [4.69, 9.17) is 4.74 Å². The SMILES string of the molecule is COCCNc1nc(SCc2ccc(F)cc2)nc2ccccc12. The second kappa shape index (κ2) is 8.08. The lowest BCUT2D eigenvalue weighted by molar-refractivity contribution is 0.210. The zero-order valence-electron chi connectivity index (χ0n) is 13.3. The molecule has 3 rings (SSSR count). The average molecular weight is 343 g/mol. The molecule has 0 fully saturated rings. The number of thioether (sulfide) groups is 1. The fourth-order valence-corrected chi connectivity index (χ4v) is 3.06. The van der Waals surface area contributed by atoms with Crippen LogP contribution in [0.4, 0.5) is 10.2 Å². The third-order valence-corrected chi connectivity index (χ3v) is 4.38. The highest BCUT2D eigenvalue weighted by atomic mass is 32.2. The van der Waals surface area contributed by atoms with E-state index in [0.29, 0.717) is 24.1 Å². The van der Waals surface area contributed by atoms with Crippen LogP contribution in [0.1, 0.15) is 5.56 Å². The molecule has 4 nitrogen and oxygen atoms in total. The molecule has 6 heteroatoms. The van der Waals surface area contributed by atoms with Gasteiger partial charge in [-0.05, 0) is 29.8 Å². The molecular formula is C18H18FN3OS. The van der Waals surface area contributed by atoms with Gasteiger partial charge in [0.15, 0.2) is 5.16 Å². The van der Waals surface area contributed by atoms with Crippen molar-refractivity contribution in [2.45, 2.75) is 10.9 Å². The summed E-state index contributed by atoms with van der Waals surface area (Å²) in [6, 6.07) is 14.4. The molecule has 124 valence electrons. The molecule has 3 aromatic rings. The molecule has 0 atom stereocenters. The lowest BCUT2D eigenvalue weighted by atomic mass is 10.2. The molecule has 0 saturated heterocycles. The van der Waals surface area contributed by atoms with Crippen molar-refractivity contribution in [3.05, 3.63) is 59.9 Å². The Morgan fingerprint density at radius 1 is 1.08 bits per heavy atom. The van der Waals surface area contributed by atoms with Crippen molar-refractivity contribution >= 4 is 28.5 Å². The lowest BCUT2D eigenvalue weighted by Crippen LogP contribution is -2.10. The van der Waals surface area contributed by atoms with E-state index in [2.05, 4.69) is 15.3 Å². The topological polar surface area (TPSA) is 47.0 Å². The van der Waals surface area contributed by atoms with E-state index < -0.39 is 0 Å². The molecule has 2 aromatic carbocycles. The van der Waals surface area contributed by atoms with Gasteiger partial charge in [0.2, 0.25) is 0 Å². The molecule has 0 aliphatic heterocycles. The molecule has 0 spiro atoms. The van der Waals surface area contributed by atoms with Crippen LogP contribution in [-0.4, -0.2) is 30.2 Å². The number of aromatic nitrogens is 2. The quantitative estimate of drug-likeness (QED) is 0.397. The monoisotopic (exact) mass is 343 g/mol. The van der Waals surface area contributed by atoms with E-state index in [1.54, 1.807) is 19.2 Å². The number of ether oxygens (including phenoxy) is 1. The molecule has 0 radical (unpaired) electrons. The molecule has 0 amide bonds. The van der Waals surface area contributed by atoms with Crippen LogP contribution in [0.5, 0.6) is 0 Å². The summed E-state index contributed by atoms with van der Waals surface area (Å²) in [5.41, 5.74) is 1.93. The molecule has 1 aromatic heterocycles. The highest BCUT2D eigenvalue weighted by Gasteiger charge is 2.08. The second-order valence-corrected chi connectivity index (χ2v) is 6.15. The van der Waals surface area contributed by atoms with Gasteiger partial charge >= 0.3 is 0 Å². The Morgan fingerprint density at radius 2 is 1.88 bits per heavy atom. The average Bonchev–Trinajstić information content (AvgIpc) is 2.61. The molecule has 0 aliphatic rings. The van der Waals surface area contributed by atoms with Crippen LogP contribution >= 0.6 is 11.8 Å². The second-order valence-electron chi connectivity index (χ2n) is 5.21. The molecule has 0 aliphatic carbocycles. The van der Waals surface area contributed by atoms with E-state index in [1.165, 1.54) is 23.9 Å². The summed E-state index contributed by atoms with van der Waals surface area (Å²) >= 11 is 1.53. The smallest absolute Gasteiger partial charge is 0.190 e. The summed E-state index contributed by atoms with van der Waals surface area (Å²) in [7, 11) is 1.67. The number of fused-ring (bicyclic) bond motifs is 1. The van der Waals surface area contributed by atoms with Crippen LogP contribution in [0.2, 0.25) is 0 Å². The number of nitrogens with one attached hydrogen (secondary N) is 1. The Kier molecular flexibility index (Phi) is 5.61. The van der Waals surface area contributed by atoms with E-state index in [-0.39, 0.29) is 5.82 Å². The summed E-state index contributed by atoms with van der Waals surface area (Å²) < 4.78 is 18.1. The number of para-hydroxylation sites is 1. The number of hydrogen-bond donors (Lipinski definition) is 1. The molecule has 0 unspecified atom stereocenters. The van der Waals surface area contributed by atoms with Gasteiger partial charge in [-0.25, -0.2) is 14.4 Å². The first-order valence-electron chi connectivity index (χ1n) is 7.63. The van der Waals surface area contributed by atoms with Crippen molar-refractivity contribution in [3.63, 3.8) is 0 Å². The van der Waals surface area contributed by atoms with Gasteiger partial charge in [-0.15, -0.1) is 0 Å². The number of halogens is 1. The highest BCUT2D eigenvalue weighted by Crippen LogP contribution is 2.26. The Morgan fingerprint density at radius 3 is 2.67 bits per heavy atom. The number of benzene rings is 2. The zero-order chi connectivity index (χ0) is 16.8. The Bertz CT molecular complexity index is 811. The predicted molar refractivity (Wildman–Crippen MR) is 95.9 cm³/mol. The summed E-state index contributed by atoms with van der Waals surface area (Å²) in [5, 5.41) is 4.97. The van der Waals surface area contributed by atoms with Crippen LogP contribution in [0, 0.1) is 5.82 Å². The predicted octanol–water partition coefficient (Wildman–Crippen LogP) is 4.12. The molecule has 1 N–H and O–H groups in total. The number of nitrogens with zero attached hydrogens (tertiary/aromatic N) is 2. The normalized spacial score (nSPS) is 10.9. The first-order chi connectivity index (χ1) is 11.8. The van der Waals surface area contributed by atoms with Crippen molar-refractivity contribution in [3.8, 4) is 0 Å². The number of methoxy groups -OCH3 is 1. The minimum absolute atomic E-state index is 0.227. The fraction of sp³-hybridized carbons (Fsp3) is 0.222. The molecule has 0 saturated carbocycles. The van der Waals surface area contributed by atoms with Crippen molar-refractivity contribution in [2.75, 3.05) is 25.6 Å². The van der Waals surface area contributed by atoms with Gasteiger partial charge in [0.05, 0.1) is 12.1 Å². The van der Waals surface area contributed by atoms with Crippen LogP contribution in [-0.2, 0) is 10.5 Å². The van der Waals surface area contributed by atoms with Crippen LogP contribution in [0.15, 0.2) is 53.7 Å². The van der Waals surface area contributed by atoms with Crippen LogP contribution in [0.3, 0.4) is 0 Å². The van der Waals surface area contributed by atoms with Crippen LogP contribution in [0.25, 0.3) is 10.9 Å². The summed E-state index contributed by atoms with van der Waals surface area (Å²) in [4.78, 5) is 9.22. The maximum Gasteiger partial charge on any atom is 0.190 e. The molecule has 0 bridgehead atoms. The van der Waals surface area contributed by atoms with Gasteiger partial charge in [-0.1, -0.05) is 36.0 Å². The fourth-order valence-electron chi connectivity index (χ4n) is 2.25. The van der Waals surface area contributed by atoms with Gasteiger partial charge in [-0.3, -0.25) is 0 Å². The summed E-state index contributed by atoms with van der Waals surface area (Å²) in [6.45, 7) is 1.29. The summed E-state index contributed by atoms with van der Waals surface area (Å²) in [5.74, 6) is 1.27. The summed E-state index contributed by atoms with van der Waals surface area (Å²) in [6.07, 6.45) is 0. The highest BCUT2D eigenvalue weighted by molar-refractivity contribution is 7.98. The lowest BCUT2D eigenvalue weighted by Gasteiger charge is -2.10. The van der Waals surface area contributed by atoms with E-state index in [9.17, 15) is 4.39 Å². The molecule has 24 heavy (non-hydrogen) atoms. The van der Waals surface area contributed by atoms with Gasteiger partial charge in [-0.2, -0.15) is 0 Å². The Labute approximate surface area is 144 Å². The third-order valence-electron chi connectivity index (χ3n) is 3.46. The Balaban J connectivity index is 1.80. The van der Waals surface area contributed by atoms with Gasteiger partial charge in [0, 0.05) is 24.8 Å². The van der Waals surface area contributed by atoms with E-state index >= 15 is 0 Å². The van der Waals surface area contributed by atoms with Crippen molar-refractivity contribution in [1.82, 2.24) is 9.97 Å². The van der Waals surface area contributed by atoms with Gasteiger partial charge < -0.3 is 10.1 Å². The first kappa shape index (κ1) is 16.7. The standard InChI is InChI=1S/C18H18FN3OS/c1-23-11-10-20-17-15-4-2-3-5-16(15)21-18(22-17)24-12-13-6-8-14(19)9-7-13/h2-9H,10-12H2,1H3,(H,20,21,22). The number of anilines is 1. The van der Waals surface area contributed by atoms with Gasteiger partial charge in [0.25, 0.3) is 0 Å². The first-order valence-corrected chi connectivity index (χ1v) is 8.61. The third kappa shape index (κ3) is 4.21. The Hall–Kier alpha value is -2.18. The zero-order valence-corrected chi connectivity index (χ0v) is 14.1. The van der Waals surface area contributed by atoms with Gasteiger partial charge in [0.1, 0.15) is 11.6 Å². The maximum absolute atomic E-state index is 13.0. The minimum atomic E-state index is -0.227. The minimum Gasteiger partial charge on any atom is -0.383 e. The van der Waals surface area contributed by atoms with Crippen molar-refractivity contribution in [1.29, 1.82) is 0 Å². The largest absolute Gasteiger partial charge is 0.383 e. The number of hydrogen-bond acceptors (Lipinski definition) is 5. The molecule has 1 heterocycles. The van der Waals surface area contributed by atoms with E-state index in [1.807, 2.05) is 24.3 Å². The van der Waals surface area contributed by atoms with Crippen molar-refractivity contribution < 1.29 is 9.13 Å². The van der Waals surface area contributed by atoms with E-state index in [0.717, 1.165) is 22.3 Å². The number of rotatable bonds is 7. The maximum atomic E-state index is 13.0.